The normalized spacial score (nSPS) is 11.6. The first kappa shape index (κ1) is 15.9. The fourth-order valence-electron chi connectivity index (χ4n) is 1.49. The van der Waals surface area contributed by atoms with Gasteiger partial charge in [0.1, 0.15) is 0 Å². The molecule has 4 nitrogen and oxygen atoms in total. The van der Waals surface area contributed by atoms with E-state index in [1.165, 1.54) is 0 Å². The monoisotopic (exact) mass is 269 g/mol. The third-order valence-corrected chi connectivity index (χ3v) is 2.52. The molecule has 0 unspecified atom stereocenters. The summed E-state index contributed by atoms with van der Waals surface area (Å²) in [7, 11) is 0. The van der Waals surface area contributed by atoms with Crippen LogP contribution in [0.15, 0.2) is 12.3 Å². The maximum Gasteiger partial charge on any atom is 0.169 e. The summed E-state index contributed by atoms with van der Waals surface area (Å²) in [5.41, 5.74) is 0.571. The number of ether oxygens (including phenoxy) is 1. The highest BCUT2D eigenvalue weighted by Crippen LogP contribution is 2.15. The average molecular weight is 269 g/mol. The maximum absolute atomic E-state index is 14.2. The minimum atomic E-state index is -0.296. The SMILES string of the molecule is CCOCCNc1nccc(CNC(C)(C)C)c1F. The molecule has 1 aromatic rings. The lowest BCUT2D eigenvalue weighted by Crippen LogP contribution is -2.35. The molecule has 0 saturated carbocycles. The Morgan fingerprint density at radius 2 is 2.11 bits per heavy atom. The summed E-state index contributed by atoms with van der Waals surface area (Å²) >= 11 is 0. The van der Waals surface area contributed by atoms with Crippen molar-refractivity contribution in [1.82, 2.24) is 10.3 Å². The third-order valence-electron chi connectivity index (χ3n) is 2.52. The molecule has 0 radical (unpaired) electrons. The largest absolute Gasteiger partial charge is 0.380 e. The summed E-state index contributed by atoms with van der Waals surface area (Å²) in [6.07, 6.45) is 1.62. The van der Waals surface area contributed by atoms with Crippen molar-refractivity contribution in [2.75, 3.05) is 25.1 Å². The van der Waals surface area contributed by atoms with Gasteiger partial charge >= 0.3 is 0 Å². The Morgan fingerprint density at radius 1 is 1.37 bits per heavy atom. The molecular weight excluding hydrogens is 245 g/mol. The third kappa shape index (κ3) is 5.98. The summed E-state index contributed by atoms with van der Waals surface area (Å²) in [6.45, 7) is 10.3. The van der Waals surface area contributed by atoms with Gasteiger partial charge in [-0.3, -0.25) is 0 Å². The van der Waals surface area contributed by atoms with Crippen LogP contribution in [0.1, 0.15) is 33.3 Å². The van der Waals surface area contributed by atoms with E-state index in [0.717, 1.165) is 0 Å². The summed E-state index contributed by atoms with van der Waals surface area (Å²) in [6, 6.07) is 1.70. The minimum absolute atomic E-state index is 0.0434. The van der Waals surface area contributed by atoms with Gasteiger partial charge in [-0.1, -0.05) is 0 Å². The van der Waals surface area contributed by atoms with Crippen molar-refractivity contribution < 1.29 is 9.13 Å². The van der Waals surface area contributed by atoms with Gasteiger partial charge in [0.15, 0.2) is 11.6 Å². The molecule has 1 heterocycles. The van der Waals surface area contributed by atoms with E-state index in [1.54, 1.807) is 12.3 Å². The van der Waals surface area contributed by atoms with Crippen LogP contribution in [-0.2, 0) is 11.3 Å². The van der Waals surface area contributed by atoms with E-state index in [1.807, 2.05) is 27.7 Å². The highest BCUT2D eigenvalue weighted by Gasteiger charge is 2.13. The van der Waals surface area contributed by atoms with Gasteiger partial charge in [-0.15, -0.1) is 0 Å². The van der Waals surface area contributed by atoms with Crippen LogP contribution < -0.4 is 10.6 Å². The summed E-state index contributed by atoms with van der Waals surface area (Å²) < 4.78 is 19.3. The highest BCUT2D eigenvalue weighted by atomic mass is 19.1. The lowest BCUT2D eigenvalue weighted by atomic mass is 10.1. The van der Waals surface area contributed by atoms with Crippen molar-refractivity contribution in [3.05, 3.63) is 23.6 Å². The highest BCUT2D eigenvalue weighted by molar-refractivity contribution is 5.39. The van der Waals surface area contributed by atoms with E-state index in [2.05, 4.69) is 15.6 Å². The standard InChI is InChI=1S/C14H24FN3O/c1-5-19-9-8-17-13-12(15)11(6-7-16-13)10-18-14(2,3)4/h6-7,18H,5,8-10H2,1-4H3,(H,16,17). The number of hydrogen-bond donors (Lipinski definition) is 2. The molecule has 2 N–H and O–H groups in total. The molecular formula is C14H24FN3O. The van der Waals surface area contributed by atoms with Gasteiger partial charge in [-0.25, -0.2) is 9.37 Å². The van der Waals surface area contributed by atoms with Gasteiger partial charge in [0, 0.05) is 37.0 Å². The molecule has 1 rings (SSSR count). The molecule has 5 heteroatoms. The van der Waals surface area contributed by atoms with E-state index >= 15 is 0 Å². The molecule has 0 fully saturated rings. The van der Waals surface area contributed by atoms with Crippen molar-refractivity contribution >= 4 is 5.82 Å². The lowest BCUT2D eigenvalue weighted by molar-refractivity contribution is 0.158. The van der Waals surface area contributed by atoms with Crippen molar-refractivity contribution in [3.63, 3.8) is 0 Å². The number of aromatic nitrogens is 1. The second-order valence-corrected chi connectivity index (χ2v) is 5.36. The predicted octanol–water partition coefficient (Wildman–Crippen LogP) is 2.56. The van der Waals surface area contributed by atoms with Crippen LogP contribution in [0.25, 0.3) is 0 Å². The van der Waals surface area contributed by atoms with Gasteiger partial charge < -0.3 is 15.4 Å². The first-order chi connectivity index (χ1) is 8.94. The van der Waals surface area contributed by atoms with Gasteiger partial charge in [0.25, 0.3) is 0 Å². The Morgan fingerprint density at radius 3 is 2.74 bits per heavy atom. The molecule has 1 aromatic heterocycles. The van der Waals surface area contributed by atoms with E-state index in [9.17, 15) is 4.39 Å². The number of anilines is 1. The number of pyridine rings is 1. The number of hydrogen-bond acceptors (Lipinski definition) is 4. The van der Waals surface area contributed by atoms with Gasteiger partial charge in [0.05, 0.1) is 6.61 Å². The lowest BCUT2D eigenvalue weighted by Gasteiger charge is -2.21. The molecule has 0 amide bonds. The first-order valence-electron chi connectivity index (χ1n) is 6.64. The molecule has 0 aromatic carbocycles. The van der Waals surface area contributed by atoms with Crippen molar-refractivity contribution in [1.29, 1.82) is 0 Å². The van der Waals surface area contributed by atoms with E-state index in [0.29, 0.717) is 31.9 Å². The number of nitrogens with one attached hydrogen (secondary N) is 2. The summed E-state index contributed by atoms with van der Waals surface area (Å²) in [5, 5.41) is 6.21. The predicted molar refractivity (Wildman–Crippen MR) is 75.8 cm³/mol. The van der Waals surface area contributed by atoms with Gasteiger partial charge in [-0.05, 0) is 33.8 Å². The van der Waals surface area contributed by atoms with Crippen LogP contribution >= 0.6 is 0 Å². The van der Waals surface area contributed by atoms with Gasteiger partial charge in [-0.2, -0.15) is 0 Å². The zero-order valence-corrected chi connectivity index (χ0v) is 12.2. The smallest absolute Gasteiger partial charge is 0.169 e. The Balaban J connectivity index is 2.59. The van der Waals surface area contributed by atoms with E-state index in [-0.39, 0.29) is 17.2 Å². The van der Waals surface area contributed by atoms with Crippen molar-refractivity contribution in [2.45, 2.75) is 39.8 Å². The Bertz CT molecular complexity index is 391. The zero-order valence-electron chi connectivity index (χ0n) is 12.2. The summed E-state index contributed by atoms with van der Waals surface area (Å²) in [4.78, 5) is 4.01. The second kappa shape index (κ2) is 7.40. The van der Waals surface area contributed by atoms with E-state index < -0.39 is 0 Å². The van der Waals surface area contributed by atoms with Crippen molar-refractivity contribution in [3.8, 4) is 0 Å². The van der Waals surface area contributed by atoms with Crippen LogP contribution in [0.5, 0.6) is 0 Å². The fourth-order valence-corrected chi connectivity index (χ4v) is 1.49. The first-order valence-corrected chi connectivity index (χ1v) is 6.64. The molecule has 0 aliphatic heterocycles. The maximum atomic E-state index is 14.2. The van der Waals surface area contributed by atoms with Crippen molar-refractivity contribution in [2.24, 2.45) is 0 Å². The Labute approximate surface area is 114 Å². The van der Waals surface area contributed by atoms with Gasteiger partial charge in [0.2, 0.25) is 0 Å². The molecule has 0 saturated heterocycles. The summed E-state index contributed by atoms with van der Waals surface area (Å²) in [5.74, 6) is -0.0105. The molecule has 19 heavy (non-hydrogen) atoms. The second-order valence-electron chi connectivity index (χ2n) is 5.36. The van der Waals surface area contributed by atoms with Crippen LogP contribution in [0.2, 0.25) is 0 Å². The van der Waals surface area contributed by atoms with Crippen LogP contribution in [0.3, 0.4) is 0 Å². The Hall–Kier alpha value is -1.20. The van der Waals surface area contributed by atoms with Crippen LogP contribution in [-0.4, -0.2) is 30.3 Å². The van der Waals surface area contributed by atoms with Crippen LogP contribution in [0, 0.1) is 5.82 Å². The Kier molecular flexibility index (Phi) is 6.18. The molecule has 0 aliphatic carbocycles. The zero-order chi connectivity index (χ0) is 14.3. The fraction of sp³-hybridized carbons (Fsp3) is 0.643. The number of rotatable bonds is 7. The van der Waals surface area contributed by atoms with Crippen LogP contribution in [0.4, 0.5) is 10.2 Å². The molecule has 0 atom stereocenters. The average Bonchev–Trinajstić information content (AvgIpc) is 2.34. The molecule has 108 valence electrons. The molecule has 0 aliphatic rings. The minimum Gasteiger partial charge on any atom is -0.380 e. The molecule has 0 spiro atoms. The topological polar surface area (TPSA) is 46.2 Å². The van der Waals surface area contributed by atoms with E-state index in [4.69, 9.17) is 4.74 Å². The number of halogens is 1. The number of nitrogens with zero attached hydrogens (tertiary/aromatic N) is 1. The quantitative estimate of drug-likeness (QED) is 0.747. The molecule has 0 bridgehead atoms.